The molecule has 0 unspecified atom stereocenters. The standard InChI is InChI=1S/C13H9BrN2O5/c14-9-4-10(6-15-5-9)21-7-8-2-1-3-11(16(19)20)12(8)13(17)18/h1-6H,7H2,(H,17,18). The number of carboxylic acid groups (broad SMARTS) is 1. The molecule has 7 nitrogen and oxygen atoms in total. The van der Waals surface area contributed by atoms with E-state index in [1.54, 1.807) is 12.3 Å². The van der Waals surface area contributed by atoms with Gasteiger partial charge in [-0.25, -0.2) is 4.79 Å². The first-order valence-electron chi connectivity index (χ1n) is 5.72. The lowest BCUT2D eigenvalue weighted by Gasteiger charge is -2.09. The van der Waals surface area contributed by atoms with E-state index in [1.165, 1.54) is 18.3 Å². The summed E-state index contributed by atoms with van der Waals surface area (Å²) in [4.78, 5) is 25.3. The number of nitro benzene ring substituents is 1. The first-order chi connectivity index (χ1) is 9.99. The molecule has 1 aromatic heterocycles. The van der Waals surface area contributed by atoms with Gasteiger partial charge in [0.1, 0.15) is 17.9 Å². The monoisotopic (exact) mass is 352 g/mol. The second-order valence-corrected chi connectivity index (χ2v) is 4.92. The molecule has 0 saturated carbocycles. The first kappa shape index (κ1) is 14.9. The largest absolute Gasteiger partial charge is 0.487 e. The van der Waals surface area contributed by atoms with E-state index in [4.69, 9.17) is 9.84 Å². The average Bonchev–Trinajstić information content (AvgIpc) is 2.44. The Morgan fingerprint density at radius 2 is 2.19 bits per heavy atom. The Morgan fingerprint density at radius 1 is 1.43 bits per heavy atom. The quantitative estimate of drug-likeness (QED) is 0.655. The van der Waals surface area contributed by atoms with E-state index in [0.29, 0.717) is 10.2 Å². The lowest BCUT2D eigenvalue weighted by atomic mass is 10.1. The molecule has 0 spiro atoms. The number of ether oxygens (including phenoxy) is 1. The van der Waals surface area contributed by atoms with E-state index < -0.39 is 16.6 Å². The van der Waals surface area contributed by atoms with E-state index in [0.717, 1.165) is 6.07 Å². The van der Waals surface area contributed by atoms with Gasteiger partial charge in [-0.05, 0) is 22.0 Å². The molecule has 0 saturated heterocycles. The molecular formula is C13H9BrN2O5. The van der Waals surface area contributed by atoms with Crippen molar-refractivity contribution in [2.24, 2.45) is 0 Å². The number of carbonyl (C=O) groups is 1. The summed E-state index contributed by atoms with van der Waals surface area (Å²) in [6.45, 7) is -0.110. The summed E-state index contributed by atoms with van der Waals surface area (Å²) in [6, 6.07) is 5.70. The number of hydrogen-bond acceptors (Lipinski definition) is 5. The van der Waals surface area contributed by atoms with E-state index in [9.17, 15) is 14.9 Å². The summed E-state index contributed by atoms with van der Waals surface area (Å²) in [5, 5.41) is 20.0. The molecule has 2 aromatic rings. The predicted molar refractivity (Wildman–Crippen MR) is 76.3 cm³/mol. The topological polar surface area (TPSA) is 103 Å². The van der Waals surface area contributed by atoms with Crippen LogP contribution < -0.4 is 4.74 Å². The maximum atomic E-state index is 11.2. The number of aromatic carboxylic acids is 1. The Labute approximate surface area is 127 Å². The maximum absolute atomic E-state index is 11.2. The van der Waals surface area contributed by atoms with Crippen molar-refractivity contribution >= 4 is 27.6 Å². The van der Waals surface area contributed by atoms with Gasteiger partial charge in [0, 0.05) is 22.3 Å². The fourth-order valence-corrected chi connectivity index (χ4v) is 2.08. The van der Waals surface area contributed by atoms with Crippen molar-refractivity contribution < 1.29 is 19.6 Å². The molecule has 2 rings (SSSR count). The van der Waals surface area contributed by atoms with Crippen LogP contribution in [-0.4, -0.2) is 21.0 Å². The summed E-state index contributed by atoms with van der Waals surface area (Å²) in [5.74, 6) is -0.944. The average molecular weight is 353 g/mol. The van der Waals surface area contributed by atoms with Crippen molar-refractivity contribution in [2.75, 3.05) is 0 Å². The smallest absolute Gasteiger partial charge is 0.343 e. The van der Waals surface area contributed by atoms with Crippen LogP contribution in [0.3, 0.4) is 0 Å². The first-order valence-corrected chi connectivity index (χ1v) is 6.51. The number of nitro groups is 1. The Bertz CT molecular complexity index is 705. The Kier molecular flexibility index (Phi) is 4.49. The van der Waals surface area contributed by atoms with Crippen LogP contribution in [-0.2, 0) is 6.61 Å². The number of aromatic nitrogens is 1. The molecular weight excluding hydrogens is 344 g/mol. The molecule has 0 aliphatic rings. The Morgan fingerprint density at radius 3 is 2.81 bits per heavy atom. The zero-order valence-corrected chi connectivity index (χ0v) is 12.1. The summed E-state index contributed by atoms with van der Waals surface area (Å²) in [7, 11) is 0. The molecule has 21 heavy (non-hydrogen) atoms. The summed E-state index contributed by atoms with van der Waals surface area (Å²) < 4.78 is 6.13. The zero-order chi connectivity index (χ0) is 15.4. The highest BCUT2D eigenvalue weighted by molar-refractivity contribution is 9.10. The van der Waals surface area contributed by atoms with Crippen molar-refractivity contribution in [1.29, 1.82) is 0 Å². The molecule has 1 heterocycles. The van der Waals surface area contributed by atoms with Crippen molar-refractivity contribution in [2.45, 2.75) is 6.61 Å². The maximum Gasteiger partial charge on any atom is 0.343 e. The molecule has 0 radical (unpaired) electrons. The predicted octanol–water partition coefficient (Wildman–Crippen LogP) is 3.03. The van der Waals surface area contributed by atoms with Gasteiger partial charge < -0.3 is 9.84 Å². The minimum atomic E-state index is -1.37. The summed E-state index contributed by atoms with van der Waals surface area (Å²) >= 11 is 3.23. The van der Waals surface area contributed by atoms with Gasteiger partial charge in [-0.3, -0.25) is 15.1 Å². The molecule has 0 aliphatic carbocycles. The van der Waals surface area contributed by atoms with Gasteiger partial charge in [0.2, 0.25) is 0 Å². The fourth-order valence-electron chi connectivity index (χ4n) is 1.74. The van der Waals surface area contributed by atoms with Crippen molar-refractivity contribution in [3.63, 3.8) is 0 Å². The molecule has 0 amide bonds. The van der Waals surface area contributed by atoms with E-state index >= 15 is 0 Å². The number of rotatable bonds is 5. The number of halogens is 1. The minimum Gasteiger partial charge on any atom is -0.487 e. The molecule has 0 aliphatic heterocycles. The van der Waals surface area contributed by atoms with Crippen molar-refractivity contribution in [3.8, 4) is 5.75 Å². The van der Waals surface area contributed by atoms with Gasteiger partial charge in [0.15, 0.2) is 0 Å². The third kappa shape index (κ3) is 3.54. The summed E-state index contributed by atoms with van der Waals surface area (Å²) in [5.41, 5.74) is -0.613. The van der Waals surface area contributed by atoms with Gasteiger partial charge >= 0.3 is 5.97 Å². The lowest BCUT2D eigenvalue weighted by Crippen LogP contribution is -2.09. The summed E-state index contributed by atoms with van der Waals surface area (Å²) in [6.07, 6.45) is 3.03. The molecule has 1 aromatic carbocycles. The highest BCUT2D eigenvalue weighted by Gasteiger charge is 2.23. The molecule has 8 heteroatoms. The molecule has 0 atom stereocenters. The van der Waals surface area contributed by atoms with Crippen LogP contribution in [0.15, 0.2) is 41.1 Å². The molecule has 0 bridgehead atoms. The van der Waals surface area contributed by atoms with Crippen molar-refractivity contribution in [3.05, 3.63) is 62.4 Å². The SMILES string of the molecule is O=C(O)c1c(COc2cncc(Br)c2)cccc1[N+](=O)[O-]. The van der Waals surface area contributed by atoms with Crippen LogP contribution in [0.5, 0.6) is 5.75 Å². The van der Waals surface area contributed by atoms with E-state index in [1.807, 2.05) is 0 Å². The van der Waals surface area contributed by atoms with Gasteiger partial charge in [0.05, 0.1) is 11.1 Å². The van der Waals surface area contributed by atoms with Crippen molar-refractivity contribution in [1.82, 2.24) is 4.98 Å². The van der Waals surface area contributed by atoms with Gasteiger partial charge in [0.25, 0.3) is 5.69 Å². The highest BCUT2D eigenvalue weighted by Crippen LogP contribution is 2.24. The molecule has 0 fully saturated rings. The van der Waals surface area contributed by atoms with Gasteiger partial charge in [-0.1, -0.05) is 12.1 Å². The molecule has 1 N–H and O–H groups in total. The van der Waals surface area contributed by atoms with Crippen LogP contribution in [0.4, 0.5) is 5.69 Å². The lowest BCUT2D eigenvalue weighted by molar-refractivity contribution is -0.385. The third-order valence-corrected chi connectivity index (χ3v) is 3.05. The Hall–Kier alpha value is -2.48. The second kappa shape index (κ2) is 6.31. The number of carboxylic acids is 1. The van der Waals surface area contributed by atoms with Gasteiger partial charge in [-0.2, -0.15) is 0 Å². The fraction of sp³-hybridized carbons (Fsp3) is 0.0769. The van der Waals surface area contributed by atoms with Crippen LogP contribution in [0.1, 0.15) is 15.9 Å². The number of pyridine rings is 1. The number of hydrogen-bond donors (Lipinski definition) is 1. The van der Waals surface area contributed by atoms with E-state index in [2.05, 4.69) is 20.9 Å². The van der Waals surface area contributed by atoms with E-state index in [-0.39, 0.29) is 17.7 Å². The number of nitrogens with zero attached hydrogens (tertiary/aromatic N) is 2. The third-order valence-electron chi connectivity index (χ3n) is 2.61. The van der Waals surface area contributed by atoms with Gasteiger partial charge in [-0.15, -0.1) is 0 Å². The minimum absolute atomic E-state index is 0.110. The highest BCUT2D eigenvalue weighted by atomic mass is 79.9. The van der Waals surface area contributed by atoms with Crippen LogP contribution in [0.25, 0.3) is 0 Å². The number of benzene rings is 1. The van der Waals surface area contributed by atoms with Crippen LogP contribution in [0.2, 0.25) is 0 Å². The normalized spacial score (nSPS) is 10.1. The second-order valence-electron chi connectivity index (χ2n) is 4.00. The molecule has 108 valence electrons. The van der Waals surface area contributed by atoms with Crippen LogP contribution in [0, 0.1) is 10.1 Å². The Balaban J connectivity index is 2.30. The zero-order valence-electron chi connectivity index (χ0n) is 10.5. The van der Waals surface area contributed by atoms with Crippen LogP contribution >= 0.6 is 15.9 Å².